The molecule has 0 saturated carbocycles. The van der Waals surface area contributed by atoms with Crippen LogP contribution in [0.1, 0.15) is 6.42 Å². The number of esters is 1. The molecule has 0 unspecified atom stereocenters. The van der Waals surface area contributed by atoms with Gasteiger partial charge in [-0.05, 0) is 0 Å². The van der Waals surface area contributed by atoms with Crippen LogP contribution in [0.2, 0.25) is 8.35 Å². The van der Waals surface area contributed by atoms with Crippen LogP contribution in [-0.4, -0.2) is 34.5 Å². The third-order valence-corrected chi connectivity index (χ3v) is 9.62. The Labute approximate surface area is 68.8 Å². The van der Waals surface area contributed by atoms with E-state index in [1.54, 1.807) is 0 Å². The summed E-state index contributed by atoms with van der Waals surface area (Å²) in [7, 11) is 1.47. The minimum absolute atomic E-state index is 0.00708. The summed E-state index contributed by atoms with van der Waals surface area (Å²) >= 11 is -1.45. The van der Waals surface area contributed by atoms with Crippen molar-refractivity contribution in [2.75, 3.05) is 7.11 Å². The molecule has 0 radical (unpaired) electrons. The number of methoxy groups -OCH3 is 1. The van der Waals surface area contributed by atoms with Crippen molar-refractivity contribution in [3.63, 3.8) is 0 Å². The number of carbonyl (C=O) groups is 1. The van der Waals surface area contributed by atoms with Gasteiger partial charge in [0.2, 0.25) is 0 Å². The maximum absolute atomic E-state index is 10.8. The molecule has 0 aromatic heterocycles. The summed E-state index contributed by atoms with van der Waals surface area (Å²) in [5.74, 6) is -0.00708. The second-order valence-electron chi connectivity index (χ2n) is 2.55. The van der Waals surface area contributed by atoms with E-state index in [-0.39, 0.29) is 5.97 Å². The molecule has 0 atom stereocenters. The summed E-state index contributed by atoms with van der Waals surface area (Å²) in [6.45, 7) is 0. The molecule has 1 aliphatic heterocycles. The molecule has 0 aromatic rings. The molecule has 0 bridgehead atoms. The molecule has 1 aliphatic rings. The van der Waals surface area contributed by atoms with E-state index in [1.165, 1.54) is 17.7 Å². The first kappa shape index (κ1) is 8.18. The van der Waals surface area contributed by atoms with Gasteiger partial charge in [-0.1, -0.05) is 0 Å². The summed E-state index contributed by atoms with van der Waals surface area (Å²) in [5, 5.41) is 0. The molecular weight excluding hydrogens is 231 g/mol. The zero-order valence-electron chi connectivity index (χ0n) is 6.17. The zero-order chi connectivity index (χ0) is 7.40. The quantitative estimate of drug-likeness (QED) is 0.679. The molecule has 0 aromatic carbocycles. The maximum atomic E-state index is 10.8. The zero-order valence-corrected chi connectivity index (χ0v) is 9.47. The fourth-order valence-corrected chi connectivity index (χ4v) is 7.80. The summed E-state index contributed by atoms with van der Waals surface area (Å²) in [5.41, 5.74) is 0. The molecule has 1 heterocycles. The van der Waals surface area contributed by atoms with Crippen molar-refractivity contribution in [3.8, 4) is 0 Å². The second-order valence-corrected chi connectivity index (χ2v) is 10.8. The number of ether oxygens (including phenoxy) is 1. The molecule has 0 spiro atoms. The van der Waals surface area contributed by atoms with Crippen LogP contribution in [0.25, 0.3) is 0 Å². The molecule has 0 amide bonds. The normalized spacial score (nSPS) is 15.9. The van der Waals surface area contributed by atoms with Crippen LogP contribution >= 0.6 is 0 Å². The van der Waals surface area contributed by atoms with Crippen molar-refractivity contribution in [1.29, 1.82) is 0 Å². The Hall–Kier alpha value is 0.0801. The van der Waals surface area contributed by atoms with Gasteiger partial charge in [-0.2, -0.15) is 0 Å². The summed E-state index contributed by atoms with van der Waals surface area (Å²) in [6, 6.07) is 0. The van der Waals surface area contributed by atoms with Crippen molar-refractivity contribution >= 4 is 27.4 Å². The topological polar surface area (TPSA) is 26.3 Å². The van der Waals surface area contributed by atoms with Crippen LogP contribution < -0.4 is 0 Å². The van der Waals surface area contributed by atoms with Gasteiger partial charge in [0.25, 0.3) is 0 Å². The number of carbonyl (C=O) groups excluding carboxylic acids is 1. The Balaban J connectivity index is 2.24. The van der Waals surface area contributed by atoms with Gasteiger partial charge in [-0.3, -0.25) is 0 Å². The second kappa shape index (κ2) is 4.06. The van der Waals surface area contributed by atoms with Gasteiger partial charge in [0, 0.05) is 0 Å². The Morgan fingerprint density at radius 3 is 3.10 bits per heavy atom. The molecule has 0 aliphatic carbocycles. The van der Waals surface area contributed by atoms with E-state index in [0.29, 0.717) is 0 Å². The molecule has 2 nitrogen and oxygen atoms in total. The van der Waals surface area contributed by atoms with E-state index >= 15 is 0 Å². The van der Waals surface area contributed by atoms with Crippen molar-refractivity contribution in [3.05, 3.63) is 9.91 Å². The van der Waals surface area contributed by atoms with Gasteiger partial charge in [-0.25, -0.2) is 0 Å². The summed E-state index contributed by atoms with van der Waals surface area (Å²) in [6.07, 6.45) is 3.42. The van der Waals surface area contributed by atoms with E-state index in [0.717, 1.165) is 4.18 Å². The Kier molecular flexibility index (Phi) is 3.32. The summed E-state index contributed by atoms with van der Waals surface area (Å²) in [4.78, 5) is 10.8. The van der Waals surface area contributed by atoms with Crippen LogP contribution in [0.3, 0.4) is 0 Å². The molecular formula is C7H11InO2. The van der Waals surface area contributed by atoms with Crippen LogP contribution in [0, 0.1) is 0 Å². The Bertz CT molecular complexity index is 154. The predicted molar refractivity (Wildman–Crippen MR) is 41.1 cm³/mol. The van der Waals surface area contributed by atoms with Crippen molar-refractivity contribution in [2.24, 2.45) is 0 Å². The average molecular weight is 242 g/mol. The fourth-order valence-electron chi connectivity index (χ4n) is 1.16. The Morgan fingerprint density at radius 1 is 1.80 bits per heavy atom. The fraction of sp³-hybridized carbons (Fsp3) is 0.571. The van der Waals surface area contributed by atoms with Crippen molar-refractivity contribution in [1.82, 2.24) is 0 Å². The molecule has 0 fully saturated rings. The van der Waals surface area contributed by atoms with Crippen molar-refractivity contribution in [2.45, 2.75) is 14.8 Å². The monoisotopic (exact) mass is 242 g/mol. The first-order valence-corrected chi connectivity index (χ1v) is 10.1. The molecule has 10 heavy (non-hydrogen) atoms. The average Bonchev–Trinajstić information content (AvgIpc) is 2.40. The minimum atomic E-state index is -1.45. The van der Waals surface area contributed by atoms with Gasteiger partial charge >= 0.3 is 68.7 Å². The van der Waals surface area contributed by atoms with Gasteiger partial charge in [0.1, 0.15) is 0 Å². The van der Waals surface area contributed by atoms with Gasteiger partial charge in [0.15, 0.2) is 0 Å². The van der Waals surface area contributed by atoms with Crippen molar-refractivity contribution < 1.29 is 9.53 Å². The standard InChI is InChI=1S/C4H6.C3H5O2.In/c1-3-4-2;1-3(4)5-2;/h1,3H,2,4H2;1H2,2H3;. The van der Waals surface area contributed by atoms with E-state index < -0.39 is 21.4 Å². The van der Waals surface area contributed by atoms with E-state index in [2.05, 4.69) is 14.6 Å². The third kappa shape index (κ3) is 2.37. The Morgan fingerprint density at radius 2 is 2.60 bits per heavy atom. The molecule has 3 heteroatoms. The summed E-state index contributed by atoms with van der Waals surface area (Å²) < 4.78 is 8.97. The first-order valence-electron chi connectivity index (χ1n) is 3.56. The predicted octanol–water partition coefficient (Wildman–Crippen LogP) is 1.15. The molecule has 0 saturated heterocycles. The van der Waals surface area contributed by atoms with Crippen LogP contribution in [0.5, 0.6) is 0 Å². The molecule has 0 N–H and O–H groups in total. The molecule has 54 valence electrons. The van der Waals surface area contributed by atoms with Gasteiger partial charge < -0.3 is 0 Å². The van der Waals surface area contributed by atoms with E-state index in [1.807, 2.05) is 0 Å². The number of allylic oxidation sites excluding steroid dienone is 1. The van der Waals surface area contributed by atoms with Crippen LogP contribution in [0.4, 0.5) is 0 Å². The first-order chi connectivity index (χ1) is 4.83. The third-order valence-electron chi connectivity index (χ3n) is 1.77. The van der Waals surface area contributed by atoms with Crippen LogP contribution in [0.15, 0.2) is 9.91 Å². The van der Waals surface area contributed by atoms with E-state index in [4.69, 9.17) is 0 Å². The molecule has 1 rings (SSSR count). The number of hydrogen-bond acceptors (Lipinski definition) is 2. The van der Waals surface area contributed by atoms with Crippen LogP contribution in [-0.2, 0) is 9.53 Å². The van der Waals surface area contributed by atoms with Gasteiger partial charge in [0.05, 0.1) is 0 Å². The number of hydrogen-bond donors (Lipinski definition) is 0. The number of rotatable bonds is 2. The van der Waals surface area contributed by atoms with Gasteiger partial charge in [-0.15, -0.1) is 0 Å². The van der Waals surface area contributed by atoms with E-state index in [9.17, 15) is 4.79 Å². The SMILES string of the molecule is COC(=O)[CH2][In]1[CH]=CC[CH2]1.